The first-order valence-corrected chi connectivity index (χ1v) is 11.5. The highest BCUT2D eigenvalue weighted by molar-refractivity contribution is 8.00. The van der Waals surface area contributed by atoms with Crippen molar-refractivity contribution in [2.45, 2.75) is 36.6 Å². The van der Waals surface area contributed by atoms with Crippen LogP contribution in [-0.2, 0) is 11.3 Å². The normalized spacial score (nSPS) is 12.1. The topological polar surface area (TPSA) is 66.1 Å². The van der Waals surface area contributed by atoms with Crippen molar-refractivity contribution in [2.75, 3.05) is 0 Å². The van der Waals surface area contributed by atoms with E-state index in [0.717, 1.165) is 10.5 Å². The zero-order chi connectivity index (χ0) is 22.5. The summed E-state index contributed by atoms with van der Waals surface area (Å²) >= 11 is 1.53. The molecule has 4 aromatic rings. The number of para-hydroxylation sites is 1. The van der Waals surface area contributed by atoms with Crippen molar-refractivity contribution in [1.82, 2.24) is 14.9 Å². The van der Waals surface area contributed by atoms with E-state index in [0.29, 0.717) is 16.7 Å². The first-order valence-electron chi connectivity index (χ1n) is 10.6. The summed E-state index contributed by atoms with van der Waals surface area (Å²) in [5, 5.41) is 0.133. The molecule has 0 spiro atoms. The molecule has 0 saturated heterocycles. The van der Waals surface area contributed by atoms with Gasteiger partial charge in [0.05, 0.1) is 17.4 Å². The van der Waals surface area contributed by atoms with Crippen LogP contribution in [0.2, 0.25) is 0 Å². The van der Waals surface area contributed by atoms with Gasteiger partial charge in [-0.05, 0) is 43.7 Å². The van der Waals surface area contributed by atoms with Gasteiger partial charge in [-0.3, -0.25) is 9.59 Å². The average Bonchev–Trinajstić information content (AvgIpc) is 2.82. The quantitative estimate of drug-likeness (QED) is 0.399. The molecular formula is C26H25N3O2S. The lowest BCUT2D eigenvalue weighted by Gasteiger charge is -2.30. The van der Waals surface area contributed by atoms with Gasteiger partial charge in [-0.25, -0.2) is 4.98 Å². The molecule has 32 heavy (non-hydrogen) atoms. The smallest absolute Gasteiger partial charge is 0.258 e. The number of H-pyrrole nitrogens is 1. The van der Waals surface area contributed by atoms with Crippen molar-refractivity contribution in [1.29, 1.82) is 0 Å². The van der Waals surface area contributed by atoms with Gasteiger partial charge in [-0.2, -0.15) is 0 Å². The number of thioether (sulfide) groups is 1. The number of carbonyl (C=O) groups is 1. The van der Waals surface area contributed by atoms with Crippen molar-refractivity contribution in [2.24, 2.45) is 0 Å². The van der Waals surface area contributed by atoms with E-state index in [1.807, 2.05) is 92.7 Å². The second-order valence-electron chi connectivity index (χ2n) is 7.81. The molecule has 0 unspecified atom stereocenters. The molecule has 6 heteroatoms. The lowest BCUT2D eigenvalue weighted by atomic mass is 10.1. The largest absolute Gasteiger partial charge is 0.332 e. The van der Waals surface area contributed by atoms with Gasteiger partial charge in [0, 0.05) is 10.9 Å². The predicted octanol–water partition coefficient (Wildman–Crippen LogP) is 5.19. The predicted molar refractivity (Wildman–Crippen MR) is 130 cm³/mol. The van der Waals surface area contributed by atoms with Crippen molar-refractivity contribution >= 4 is 28.6 Å². The van der Waals surface area contributed by atoms with Gasteiger partial charge in [-0.1, -0.05) is 60.7 Å². The first kappa shape index (κ1) is 21.8. The first-order chi connectivity index (χ1) is 15.5. The number of aromatic nitrogens is 2. The molecule has 0 saturated carbocycles. The van der Waals surface area contributed by atoms with Crippen LogP contribution in [0.3, 0.4) is 0 Å². The zero-order valence-corrected chi connectivity index (χ0v) is 18.9. The number of fused-ring (bicyclic) bond motifs is 1. The maximum absolute atomic E-state index is 13.8. The minimum atomic E-state index is -0.409. The summed E-state index contributed by atoms with van der Waals surface area (Å²) in [4.78, 5) is 36.6. The van der Waals surface area contributed by atoms with E-state index in [2.05, 4.69) is 9.97 Å². The van der Waals surface area contributed by atoms with Gasteiger partial charge in [0.25, 0.3) is 5.56 Å². The van der Waals surface area contributed by atoms with E-state index in [-0.39, 0.29) is 24.1 Å². The fourth-order valence-corrected chi connectivity index (χ4v) is 4.68. The Bertz CT molecular complexity index is 1260. The van der Waals surface area contributed by atoms with Gasteiger partial charge >= 0.3 is 0 Å². The molecule has 4 rings (SSSR count). The number of benzene rings is 3. The highest BCUT2D eigenvalue weighted by atomic mass is 32.2. The molecule has 162 valence electrons. The molecule has 0 aliphatic heterocycles. The number of amides is 1. The van der Waals surface area contributed by atoms with E-state index in [1.54, 1.807) is 11.0 Å². The van der Waals surface area contributed by atoms with Crippen molar-refractivity contribution < 1.29 is 4.79 Å². The summed E-state index contributed by atoms with van der Waals surface area (Å²) in [7, 11) is 0. The fraction of sp³-hybridized carbons (Fsp3) is 0.192. The highest BCUT2D eigenvalue weighted by Gasteiger charge is 2.29. The SMILES string of the molecule is CC(C)N(Cc1nc2ccccc2c(=O)[nH]1)C(=O)[C@H](Sc1ccccc1)c1ccccc1. The molecular weight excluding hydrogens is 418 g/mol. The second kappa shape index (κ2) is 9.83. The third-order valence-corrected chi connectivity index (χ3v) is 6.47. The Morgan fingerprint density at radius 3 is 2.25 bits per heavy atom. The van der Waals surface area contributed by atoms with Crippen molar-refractivity contribution in [3.05, 3.63) is 107 Å². The molecule has 1 N–H and O–H groups in total. The van der Waals surface area contributed by atoms with Crippen LogP contribution in [0.25, 0.3) is 10.9 Å². The lowest BCUT2D eigenvalue weighted by molar-refractivity contribution is -0.133. The number of hydrogen-bond acceptors (Lipinski definition) is 4. The van der Waals surface area contributed by atoms with E-state index < -0.39 is 5.25 Å². The molecule has 1 aromatic heterocycles. The Morgan fingerprint density at radius 2 is 1.56 bits per heavy atom. The summed E-state index contributed by atoms with van der Waals surface area (Å²) in [5.41, 5.74) is 1.37. The Balaban J connectivity index is 1.67. The minimum Gasteiger partial charge on any atom is -0.332 e. The van der Waals surface area contributed by atoms with Crippen LogP contribution >= 0.6 is 11.8 Å². The Labute approximate surface area is 191 Å². The Kier molecular flexibility index (Phi) is 6.71. The molecule has 0 fully saturated rings. The van der Waals surface area contributed by atoms with E-state index >= 15 is 0 Å². The number of hydrogen-bond donors (Lipinski definition) is 1. The van der Waals surface area contributed by atoms with Gasteiger partial charge in [0.15, 0.2) is 0 Å². The monoisotopic (exact) mass is 443 g/mol. The van der Waals surface area contributed by atoms with Gasteiger partial charge in [-0.15, -0.1) is 11.8 Å². The van der Waals surface area contributed by atoms with E-state index in [1.165, 1.54) is 11.8 Å². The van der Waals surface area contributed by atoms with Crippen LogP contribution in [0.1, 0.15) is 30.5 Å². The van der Waals surface area contributed by atoms with E-state index in [9.17, 15) is 9.59 Å². The Hall–Kier alpha value is -3.38. The minimum absolute atomic E-state index is 0.0177. The van der Waals surface area contributed by atoms with Crippen LogP contribution in [0.5, 0.6) is 0 Å². The molecule has 3 aromatic carbocycles. The van der Waals surface area contributed by atoms with Gasteiger partial charge < -0.3 is 9.88 Å². The molecule has 1 atom stereocenters. The summed E-state index contributed by atoms with van der Waals surface area (Å²) in [5.74, 6) is 0.461. The standard InChI is InChI=1S/C26H25N3O2S/c1-18(2)29(17-23-27-22-16-10-9-15-21(22)25(30)28-23)26(31)24(19-11-5-3-6-12-19)32-20-13-7-4-8-14-20/h3-16,18,24H,17H2,1-2H3,(H,27,28,30)/t24-/m1/s1. The molecule has 0 aliphatic carbocycles. The third-order valence-electron chi connectivity index (χ3n) is 5.21. The number of carbonyl (C=O) groups excluding carboxylic acids is 1. The average molecular weight is 444 g/mol. The third kappa shape index (κ3) is 4.92. The molecule has 0 aliphatic rings. The van der Waals surface area contributed by atoms with Crippen LogP contribution in [0.4, 0.5) is 0 Å². The second-order valence-corrected chi connectivity index (χ2v) is 8.99. The van der Waals surface area contributed by atoms with Crippen LogP contribution < -0.4 is 5.56 Å². The summed E-state index contributed by atoms with van der Waals surface area (Å²) < 4.78 is 0. The maximum Gasteiger partial charge on any atom is 0.258 e. The molecule has 0 bridgehead atoms. The van der Waals surface area contributed by atoms with Crippen LogP contribution in [0.15, 0.2) is 94.6 Å². The summed E-state index contributed by atoms with van der Waals surface area (Å²) in [6.45, 7) is 4.19. The molecule has 1 amide bonds. The highest BCUT2D eigenvalue weighted by Crippen LogP contribution is 2.37. The van der Waals surface area contributed by atoms with E-state index in [4.69, 9.17) is 0 Å². The molecule has 1 heterocycles. The Morgan fingerprint density at radius 1 is 0.938 bits per heavy atom. The van der Waals surface area contributed by atoms with Crippen LogP contribution in [-0.4, -0.2) is 26.8 Å². The zero-order valence-electron chi connectivity index (χ0n) is 18.1. The van der Waals surface area contributed by atoms with Gasteiger partial charge in [0.1, 0.15) is 11.1 Å². The molecule has 0 radical (unpaired) electrons. The van der Waals surface area contributed by atoms with Crippen molar-refractivity contribution in [3.63, 3.8) is 0 Å². The van der Waals surface area contributed by atoms with Gasteiger partial charge in [0.2, 0.25) is 5.91 Å². The van der Waals surface area contributed by atoms with Crippen molar-refractivity contribution in [3.8, 4) is 0 Å². The number of nitrogens with one attached hydrogen (secondary N) is 1. The van der Waals surface area contributed by atoms with Crippen LogP contribution in [0, 0.1) is 0 Å². The number of rotatable bonds is 7. The maximum atomic E-state index is 13.8. The number of aromatic amines is 1. The lowest BCUT2D eigenvalue weighted by Crippen LogP contribution is -2.39. The fourth-order valence-electron chi connectivity index (χ4n) is 3.56. The molecule has 5 nitrogen and oxygen atoms in total. The summed E-state index contributed by atoms with van der Waals surface area (Å²) in [6, 6.07) is 26.9. The number of nitrogens with zero attached hydrogens (tertiary/aromatic N) is 2. The summed E-state index contributed by atoms with van der Waals surface area (Å²) in [6.07, 6.45) is 0.